The van der Waals surface area contributed by atoms with Crippen LogP contribution in [0.1, 0.15) is 15.4 Å². The summed E-state index contributed by atoms with van der Waals surface area (Å²) in [6.45, 7) is 0. The van der Waals surface area contributed by atoms with Crippen molar-refractivity contribution in [3.05, 3.63) is 76.5 Å². The molecule has 0 aliphatic rings. The number of nitriles is 1. The Balaban J connectivity index is 1.85. The predicted molar refractivity (Wildman–Crippen MR) is 103 cm³/mol. The Kier molecular flexibility index (Phi) is 5.59. The van der Waals surface area contributed by atoms with Gasteiger partial charge in [0.15, 0.2) is 0 Å². The van der Waals surface area contributed by atoms with Crippen LogP contribution in [0.3, 0.4) is 0 Å². The van der Waals surface area contributed by atoms with Crippen molar-refractivity contribution in [1.82, 2.24) is 4.98 Å². The minimum atomic E-state index is -0.474. The van der Waals surface area contributed by atoms with Crippen LogP contribution in [0, 0.1) is 17.1 Å². The molecule has 0 radical (unpaired) electrons. The van der Waals surface area contributed by atoms with Crippen molar-refractivity contribution in [2.75, 3.05) is 12.4 Å². The van der Waals surface area contributed by atoms with Crippen molar-refractivity contribution >= 4 is 28.6 Å². The molecule has 7 heteroatoms. The number of allylic oxidation sites excluding steroid dienone is 1. The summed E-state index contributed by atoms with van der Waals surface area (Å²) in [5.41, 5.74) is 2.62. The van der Waals surface area contributed by atoms with Gasteiger partial charge in [-0.2, -0.15) is 5.26 Å². The van der Waals surface area contributed by atoms with Crippen LogP contribution in [0.2, 0.25) is 0 Å². The molecule has 0 fully saturated rings. The molecule has 0 spiro atoms. The summed E-state index contributed by atoms with van der Waals surface area (Å²) in [6.07, 6.45) is 1.50. The van der Waals surface area contributed by atoms with E-state index in [0.29, 0.717) is 27.5 Å². The minimum Gasteiger partial charge on any atom is -0.465 e. The summed E-state index contributed by atoms with van der Waals surface area (Å²) in [4.78, 5) is 16.3. The molecule has 1 N–H and O–H groups in total. The maximum atomic E-state index is 13.1. The standard InChI is InChI=1S/C20H14FN3O2S/c1-26-20(25)16-4-2-3-5-17(16)23-11-14(10-22)19-24-18(12-27-19)13-6-8-15(21)9-7-13/h2-9,11-12,23H,1H3/b14-11-. The lowest BCUT2D eigenvalue weighted by atomic mass is 10.1. The van der Waals surface area contributed by atoms with E-state index in [1.165, 1.54) is 36.8 Å². The number of halogens is 1. The highest BCUT2D eigenvalue weighted by molar-refractivity contribution is 7.11. The first-order chi connectivity index (χ1) is 13.1. The van der Waals surface area contributed by atoms with E-state index >= 15 is 0 Å². The Bertz CT molecular complexity index is 1040. The minimum absolute atomic E-state index is 0.313. The zero-order valence-corrected chi connectivity index (χ0v) is 15.1. The van der Waals surface area contributed by atoms with E-state index in [1.54, 1.807) is 41.8 Å². The highest BCUT2D eigenvalue weighted by Crippen LogP contribution is 2.26. The number of benzene rings is 2. The Labute approximate surface area is 159 Å². The van der Waals surface area contributed by atoms with Gasteiger partial charge in [-0.3, -0.25) is 0 Å². The SMILES string of the molecule is COC(=O)c1ccccc1N/C=C(/C#N)c1nc(-c2ccc(F)cc2)cs1. The molecular formula is C20H14FN3O2S. The number of carbonyl (C=O) groups is 1. The number of esters is 1. The summed E-state index contributed by atoms with van der Waals surface area (Å²) in [6, 6.07) is 14.9. The molecule has 0 saturated carbocycles. The smallest absolute Gasteiger partial charge is 0.339 e. The molecule has 0 aliphatic heterocycles. The lowest BCUT2D eigenvalue weighted by molar-refractivity contribution is 0.0602. The lowest BCUT2D eigenvalue weighted by Crippen LogP contribution is -2.05. The van der Waals surface area contributed by atoms with Gasteiger partial charge in [0.05, 0.1) is 24.1 Å². The van der Waals surface area contributed by atoms with Gasteiger partial charge in [-0.05, 0) is 36.4 Å². The molecule has 0 saturated heterocycles. The predicted octanol–water partition coefficient (Wildman–Crippen LogP) is 4.71. The molecule has 1 heterocycles. The maximum Gasteiger partial charge on any atom is 0.339 e. The Morgan fingerprint density at radius 1 is 1.26 bits per heavy atom. The van der Waals surface area contributed by atoms with Crippen LogP contribution in [-0.4, -0.2) is 18.1 Å². The average Bonchev–Trinajstić information content (AvgIpc) is 3.18. The quantitative estimate of drug-likeness (QED) is 0.513. The van der Waals surface area contributed by atoms with Gasteiger partial charge in [0.1, 0.15) is 22.5 Å². The largest absolute Gasteiger partial charge is 0.465 e. The van der Waals surface area contributed by atoms with Crippen molar-refractivity contribution in [3.8, 4) is 17.3 Å². The van der Waals surface area contributed by atoms with E-state index in [1.807, 2.05) is 0 Å². The summed E-state index contributed by atoms with van der Waals surface area (Å²) < 4.78 is 17.8. The maximum absolute atomic E-state index is 13.1. The molecule has 0 bridgehead atoms. The van der Waals surface area contributed by atoms with Crippen LogP contribution in [-0.2, 0) is 4.74 Å². The number of carbonyl (C=O) groups excluding carboxylic acids is 1. The van der Waals surface area contributed by atoms with Crippen LogP contribution in [0.25, 0.3) is 16.8 Å². The van der Waals surface area contributed by atoms with E-state index in [-0.39, 0.29) is 5.82 Å². The summed E-state index contributed by atoms with van der Waals surface area (Å²) in [5, 5.41) is 14.7. The number of para-hydroxylation sites is 1. The van der Waals surface area contributed by atoms with E-state index < -0.39 is 5.97 Å². The first-order valence-electron chi connectivity index (χ1n) is 7.88. The molecule has 0 atom stereocenters. The molecule has 3 rings (SSSR count). The molecule has 3 aromatic rings. The molecule has 0 aliphatic carbocycles. The number of nitrogens with zero attached hydrogens (tertiary/aromatic N) is 2. The normalized spacial score (nSPS) is 10.9. The van der Waals surface area contributed by atoms with Crippen LogP contribution < -0.4 is 5.32 Å². The number of thiazole rings is 1. The molecular weight excluding hydrogens is 365 g/mol. The van der Waals surface area contributed by atoms with Crippen molar-refractivity contribution in [1.29, 1.82) is 5.26 Å². The number of rotatable bonds is 5. The number of hydrogen-bond acceptors (Lipinski definition) is 6. The number of aromatic nitrogens is 1. The molecule has 0 unspecified atom stereocenters. The van der Waals surface area contributed by atoms with E-state index in [4.69, 9.17) is 4.74 Å². The number of ether oxygens (including phenoxy) is 1. The number of anilines is 1. The Morgan fingerprint density at radius 2 is 2.00 bits per heavy atom. The van der Waals surface area contributed by atoms with Crippen molar-refractivity contribution in [2.45, 2.75) is 0 Å². The number of methoxy groups -OCH3 is 1. The summed E-state index contributed by atoms with van der Waals surface area (Å²) in [7, 11) is 1.31. The van der Waals surface area contributed by atoms with Gasteiger partial charge in [0, 0.05) is 17.1 Å². The van der Waals surface area contributed by atoms with Gasteiger partial charge >= 0.3 is 5.97 Å². The first-order valence-corrected chi connectivity index (χ1v) is 8.76. The van der Waals surface area contributed by atoms with Gasteiger partial charge in [-0.25, -0.2) is 14.2 Å². The van der Waals surface area contributed by atoms with Crippen LogP contribution in [0.5, 0.6) is 0 Å². The van der Waals surface area contributed by atoms with Gasteiger partial charge in [-0.1, -0.05) is 12.1 Å². The topological polar surface area (TPSA) is 75.0 Å². The van der Waals surface area contributed by atoms with Gasteiger partial charge in [-0.15, -0.1) is 11.3 Å². The molecule has 5 nitrogen and oxygen atoms in total. The summed E-state index contributed by atoms with van der Waals surface area (Å²) >= 11 is 1.30. The fourth-order valence-corrected chi connectivity index (χ4v) is 3.13. The van der Waals surface area contributed by atoms with Crippen LogP contribution in [0.4, 0.5) is 10.1 Å². The van der Waals surface area contributed by atoms with Gasteiger partial charge in [0.25, 0.3) is 0 Å². The van der Waals surface area contributed by atoms with Crippen LogP contribution >= 0.6 is 11.3 Å². The highest BCUT2D eigenvalue weighted by Gasteiger charge is 2.12. The second-order valence-corrected chi connectivity index (χ2v) is 6.25. The molecule has 2 aromatic carbocycles. The third-order valence-electron chi connectivity index (χ3n) is 3.70. The number of hydrogen-bond donors (Lipinski definition) is 1. The lowest BCUT2D eigenvalue weighted by Gasteiger charge is -2.07. The third kappa shape index (κ3) is 4.19. The average molecular weight is 379 g/mol. The molecule has 134 valence electrons. The second kappa shape index (κ2) is 8.25. The van der Waals surface area contributed by atoms with E-state index in [2.05, 4.69) is 16.4 Å². The highest BCUT2D eigenvalue weighted by atomic mass is 32.1. The Morgan fingerprint density at radius 3 is 2.70 bits per heavy atom. The van der Waals surface area contributed by atoms with E-state index in [9.17, 15) is 14.4 Å². The monoisotopic (exact) mass is 379 g/mol. The van der Waals surface area contributed by atoms with Gasteiger partial charge < -0.3 is 10.1 Å². The molecule has 27 heavy (non-hydrogen) atoms. The van der Waals surface area contributed by atoms with Crippen molar-refractivity contribution in [2.24, 2.45) is 0 Å². The second-order valence-electron chi connectivity index (χ2n) is 5.40. The number of nitrogens with one attached hydrogen (secondary N) is 1. The Hall–Kier alpha value is -3.50. The zero-order chi connectivity index (χ0) is 19.2. The molecule has 0 amide bonds. The molecule has 1 aromatic heterocycles. The first kappa shape index (κ1) is 18.3. The fourth-order valence-electron chi connectivity index (χ4n) is 2.34. The third-order valence-corrected chi connectivity index (χ3v) is 4.57. The zero-order valence-electron chi connectivity index (χ0n) is 14.3. The van der Waals surface area contributed by atoms with Crippen molar-refractivity contribution < 1.29 is 13.9 Å². The van der Waals surface area contributed by atoms with Crippen LogP contribution in [0.15, 0.2) is 60.1 Å². The summed E-state index contributed by atoms with van der Waals surface area (Å²) in [5.74, 6) is -0.793. The van der Waals surface area contributed by atoms with E-state index in [0.717, 1.165) is 5.56 Å². The fraction of sp³-hybridized carbons (Fsp3) is 0.0500. The van der Waals surface area contributed by atoms with Crippen molar-refractivity contribution in [3.63, 3.8) is 0 Å². The van der Waals surface area contributed by atoms with Gasteiger partial charge in [0.2, 0.25) is 0 Å².